The van der Waals surface area contributed by atoms with E-state index in [-0.39, 0.29) is 23.3 Å². The van der Waals surface area contributed by atoms with E-state index in [0.29, 0.717) is 36.8 Å². The molecular weight excluding hydrogens is 488 g/mol. The largest absolute Gasteiger partial charge is 0.443 e. The number of piperidine rings is 1. The Kier molecular flexibility index (Phi) is 7.97. The molecule has 2 N–H and O–H groups in total. The number of thiazole rings is 1. The SMILES string of the molecule is C=CC(=O)Nc1ccc(C(=O)N2CCC[C@@H](Nc3ncc(N(C)Cc4ncc(C(C)(C)C)o4)s3)C2)cc1. The zero-order valence-corrected chi connectivity index (χ0v) is 22.6. The van der Waals surface area contributed by atoms with E-state index < -0.39 is 0 Å². The number of benzene rings is 1. The van der Waals surface area contributed by atoms with Gasteiger partial charge in [0.1, 0.15) is 10.8 Å². The zero-order chi connectivity index (χ0) is 26.6. The maximum Gasteiger partial charge on any atom is 0.253 e. The van der Waals surface area contributed by atoms with Gasteiger partial charge < -0.3 is 24.9 Å². The predicted molar refractivity (Wildman–Crippen MR) is 147 cm³/mol. The molecule has 10 heteroatoms. The first-order valence-electron chi connectivity index (χ1n) is 12.3. The van der Waals surface area contributed by atoms with Crippen LogP contribution in [0.25, 0.3) is 0 Å². The number of hydrogen-bond donors (Lipinski definition) is 2. The highest BCUT2D eigenvalue weighted by atomic mass is 32.1. The van der Waals surface area contributed by atoms with Gasteiger partial charge in [-0.2, -0.15) is 0 Å². The number of amides is 2. The third-order valence-corrected chi connectivity index (χ3v) is 7.20. The van der Waals surface area contributed by atoms with Gasteiger partial charge >= 0.3 is 0 Å². The Hall–Kier alpha value is -3.66. The number of anilines is 3. The second kappa shape index (κ2) is 11.2. The van der Waals surface area contributed by atoms with Crippen LogP contribution < -0.4 is 15.5 Å². The number of nitrogens with one attached hydrogen (secondary N) is 2. The molecule has 0 radical (unpaired) electrons. The van der Waals surface area contributed by atoms with Crippen molar-refractivity contribution >= 4 is 39.0 Å². The Bertz CT molecular complexity index is 1240. The molecule has 196 valence electrons. The van der Waals surface area contributed by atoms with E-state index >= 15 is 0 Å². The molecule has 1 saturated heterocycles. The van der Waals surface area contributed by atoms with Crippen LogP contribution in [0.3, 0.4) is 0 Å². The smallest absolute Gasteiger partial charge is 0.253 e. The van der Waals surface area contributed by atoms with Crippen molar-refractivity contribution in [1.82, 2.24) is 14.9 Å². The fourth-order valence-electron chi connectivity index (χ4n) is 4.05. The van der Waals surface area contributed by atoms with Crippen LogP contribution in [0.2, 0.25) is 0 Å². The molecule has 4 rings (SSSR count). The average Bonchev–Trinajstić information content (AvgIpc) is 3.54. The van der Waals surface area contributed by atoms with Crippen molar-refractivity contribution in [1.29, 1.82) is 0 Å². The number of carbonyl (C=O) groups is 2. The van der Waals surface area contributed by atoms with Crippen LogP contribution in [0.5, 0.6) is 0 Å². The molecule has 37 heavy (non-hydrogen) atoms. The van der Waals surface area contributed by atoms with Crippen LogP contribution in [0.1, 0.15) is 55.6 Å². The Morgan fingerprint density at radius 2 is 2.00 bits per heavy atom. The van der Waals surface area contributed by atoms with E-state index in [4.69, 9.17) is 4.42 Å². The fourth-order valence-corrected chi connectivity index (χ4v) is 4.90. The number of carbonyl (C=O) groups excluding carboxylic acids is 2. The van der Waals surface area contributed by atoms with Gasteiger partial charge in [0.05, 0.1) is 18.9 Å². The Balaban J connectivity index is 1.32. The maximum absolute atomic E-state index is 13.1. The van der Waals surface area contributed by atoms with Crippen molar-refractivity contribution in [2.75, 3.05) is 35.7 Å². The quantitative estimate of drug-likeness (QED) is 0.405. The number of nitrogens with zero attached hydrogens (tertiary/aromatic N) is 4. The number of hydrogen-bond acceptors (Lipinski definition) is 8. The molecule has 0 bridgehead atoms. The van der Waals surface area contributed by atoms with Crippen molar-refractivity contribution in [3.8, 4) is 0 Å². The van der Waals surface area contributed by atoms with Crippen molar-refractivity contribution in [3.63, 3.8) is 0 Å². The van der Waals surface area contributed by atoms with Gasteiger partial charge in [0.25, 0.3) is 5.91 Å². The molecule has 9 nitrogen and oxygen atoms in total. The van der Waals surface area contributed by atoms with Gasteiger partial charge in [-0.25, -0.2) is 9.97 Å². The van der Waals surface area contributed by atoms with Crippen molar-refractivity contribution < 1.29 is 14.0 Å². The molecule has 0 spiro atoms. The Morgan fingerprint density at radius 1 is 1.24 bits per heavy atom. The molecule has 1 aromatic carbocycles. The standard InChI is InChI=1S/C27H34N6O3S/c1-6-22(34)30-19-11-9-18(10-12-19)25(35)33-13-7-8-20(16-33)31-26-29-15-24(37-26)32(5)17-23-28-14-21(36-23)27(2,3)4/h6,9-12,14-15,20H,1,7-8,13,16-17H2,2-5H3,(H,29,31)(H,30,34)/t20-/m1/s1. The molecule has 1 atom stereocenters. The molecule has 2 aromatic heterocycles. The van der Waals surface area contributed by atoms with Crippen molar-refractivity contribution in [2.45, 2.75) is 51.6 Å². The number of likely N-dealkylation sites (tertiary alicyclic amines) is 1. The first-order valence-corrected chi connectivity index (χ1v) is 13.2. The minimum Gasteiger partial charge on any atom is -0.443 e. The third kappa shape index (κ3) is 6.76. The van der Waals surface area contributed by atoms with Gasteiger partial charge in [-0.15, -0.1) is 0 Å². The number of rotatable bonds is 8. The lowest BCUT2D eigenvalue weighted by atomic mass is 9.94. The minimum atomic E-state index is -0.284. The molecule has 1 fully saturated rings. The summed E-state index contributed by atoms with van der Waals surface area (Å²) in [6, 6.07) is 7.04. The van der Waals surface area contributed by atoms with Crippen LogP contribution in [-0.4, -0.2) is 52.9 Å². The highest BCUT2D eigenvalue weighted by Crippen LogP contribution is 2.30. The van der Waals surface area contributed by atoms with Crippen LogP contribution in [0, 0.1) is 0 Å². The van der Waals surface area contributed by atoms with E-state index in [1.807, 2.05) is 18.1 Å². The minimum absolute atomic E-state index is 0.0202. The summed E-state index contributed by atoms with van der Waals surface area (Å²) in [5.74, 6) is 1.24. The zero-order valence-electron chi connectivity index (χ0n) is 21.8. The van der Waals surface area contributed by atoms with Crippen LogP contribution >= 0.6 is 11.3 Å². The van der Waals surface area contributed by atoms with Gasteiger partial charge in [-0.05, 0) is 43.2 Å². The predicted octanol–water partition coefficient (Wildman–Crippen LogP) is 4.91. The summed E-state index contributed by atoms with van der Waals surface area (Å²) in [6.07, 6.45) is 6.73. The lowest BCUT2D eigenvalue weighted by Gasteiger charge is -2.33. The second-order valence-corrected chi connectivity index (χ2v) is 11.2. The summed E-state index contributed by atoms with van der Waals surface area (Å²) in [7, 11) is 1.99. The summed E-state index contributed by atoms with van der Waals surface area (Å²) < 4.78 is 5.92. The fraction of sp³-hybridized carbons (Fsp3) is 0.407. The molecule has 3 aromatic rings. The second-order valence-electron chi connectivity index (χ2n) is 10.2. The summed E-state index contributed by atoms with van der Waals surface area (Å²) in [5.41, 5.74) is 1.14. The molecule has 0 aliphatic carbocycles. The third-order valence-electron chi connectivity index (χ3n) is 6.16. The van der Waals surface area contributed by atoms with Crippen LogP contribution in [0.4, 0.5) is 15.8 Å². The van der Waals surface area contributed by atoms with Crippen molar-refractivity contribution in [3.05, 3.63) is 66.5 Å². The van der Waals surface area contributed by atoms with Crippen LogP contribution in [-0.2, 0) is 16.8 Å². The normalized spacial score (nSPS) is 15.8. The number of oxazole rings is 1. The number of aromatic nitrogens is 2. The topological polar surface area (TPSA) is 104 Å². The van der Waals surface area contributed by atoms with E-state index in [2.05, 4.69) is 52.9 Å². The summed E-state index contributed by atoms with van der Waals surface area (Å²) >= 11 is 1.57. The molecular formula is C27H34N6O3S. The van der Waals surface area contributed by atoms with Gasteiger partial charge in [-0.1, -0.05) is 38.7 Å². The molecule has 2 amide bonds. The molecule has 0 unspecified atom stereocenters. The van der Waals surface area contributed by atoms with Gasteiger partial charge in [0, 0.05) is 42.8 Å². The van der Waals surface area contributed by atoms with E-state index in [1.165, 1.54) is 6.08 Å². The average molecular weight is 523 g/mol. The highest BCUT2D eigenvalue weighted by molar-refractivity contribution is 7.19. The molecule has 1 aliphatic heterocycles. The van der Waals surface area contributed by atoms with E-state index in [9.17, 15) is 9.59 Å². The Labute approximate surface area is 221 Å². The van der Waals surface area contributed by atoms with Gasteiger partial charge in [-0.3, -0.25) is 9.59 Å². The molecule has 1 aliphatic rings. The van der Waals surface area contributed by atoms with E-state index in [0.717, 1.165) is 28.7 Å². The highest BCUT2D eigenvalue weighted by Gasteiger charge is 2.25. The van der Waals surface area contributed by atoms with Crippen molar-refractivity contribution in [2.24, 2.45) is 0 Å². The Morgan fingerprint density at radius 3 is 2.68 bits per heavy atom. The lowest BCUT2D eigenvalue weighted by molar-refractivity contribution is -0.111. The van der Waals surface area contributed by atoms with Gasteiger partial charge in [0.15, 0.2) is 5.13 Å². The van der Waals surface area contributed by atoms with E-state index in [1.54, 1.807) is 41.8 Å². The lowest BCUT2D eigenvalue weighted by Crippen LogP contribution is -2.45. The van der Waals surface area contributed by atoms with Gasteiger partial charge in [0.2, 0.25) is 11.8 Å². The first-order chi connectivity index (χ1) is 17.6. The van der Waals surface area contributed by atoms with Crippen LogP contribution in [0.15, 0.2) is 53.7 Å². The summed E-state index contributed by atoms with van der Waals surface area (Å²) in [5, 5.41) is 8.03. The summed E-state index contributed by atoms with van der Waals surface area (Å²) in [4.78, 5) is 37.5. The molecule has 3 heterocycles. The summed E-state index contributed by atoms with van der Waals surface area (Å²) in [6.45, 7) is 11.6. The first kappa shape index (κ1) is 26.4. The monoisotopic (exact) mass is 522 g/mol. The molecule has 0 saturated carbocycles. The maximum atomic E-state index is 13.1.